The molecular formula is C23H17N3O2. The molecule has 5 heteroatoms. The molecular weight excluding hydrogens is 350 g/mol. The van der Waals surface area contributed by atoms with Gasteiger partial charge >= 0.3 is 0 Å². The van der Waals surface area contributed by atoms with E-state index in [4.69, 9.17) is 0 Å². The molecule has 1 aliphatic heterocycles. The number of anilines is 2. The van der Waals surface area contributed by atoms with Gasteiger partial charge in [-0.2, -0.15) is 0 Å². The van der Waals surface area contributed by atoms with E-state index in [1.165, 1.54) is 0 Å². The van der Waals surface area contributed by atoms with Crippen LogP contribution >= 0.6 is 0 Å². The van der Waals surface area contributed by atoms with Crippen LogP contribution in [0.1, 0.15) is 31.8 Å². The zero-order valence-electron chi connectivity index (χ0n) is 15.2. The molecule has 1 heterocycles. The lowest BCUT2D eigenvalue weighted by molar-refractivity contribution is 0.0826. The highest BCUT2D eigenvalue weighted by Gasteiger charge is 2.55. The zero-order valence-corrected chi connectivity index (χ0v) is 15.2. The molecule has 5 nitrogen and oxygen atoms in total. The van der Waals surface area contributed by atoms with Gasteiger partial charge in [0, 0.05) is 28.1 Å². The van der Waals surface area contributed by atoms with Crippen LogP contribution in [-0.4, -0.2) is 23.1 Å². The molecule has 136 valence electrons. The highest BCUT2D eigenvalue weighted by molar-refractivity contribution is 6.36. The molecule has 0 unspecified atom stereocenters. The smallest absolute Gasteiger partial charge is 0.259 e. The van der Waals surface area contributed by atoms with Gasteiger partial charge in [-0.15, -0.1) is 0 Å². The van der Waals surface area contributed by atoms with Gasteiger partial charge in [0.25, 0.3) is 5.66 Å². The van der Waals surface area contributed by atoms with Crippen molar-refractivity contribution in [1.82, 2.24) is 0 Å². The van der Waals surface area contributed by atoms with Crippen LogP contribution in [0, 0.1) is 6.92 Å². The first kappa shape index (κ1) is 16.4. The third-order valence-electron chi connectivity index (χ3n) is 5.17. The largest absolute Gasteiger partial charge is 0.348 e. The molecule has 0 aromatic heterocycles. The van der Waals surface area contributed by atoms with Crippen molar-refractivity contribution in [3.05, 3.63) is 95.1 Å². The summed E-state index contributed by atoms with van der Waals surface area (Å²) in [5, 5.41) is 6.41. The molecule has 0 atom stereocenters. The summed E-state index contributed by atoms with van der Waals surface area (Å²) in [4.78, 5) is 31.1. The molecule has 2 aliphatic rings. The quantitative estimate of drug-likeness (QED) is 0.637. The number of nitrogens with zero attached hydrogens (tertiary/aromatic N) is 1. The lowest BCUT2D eigenvalue weighted by Crippen LogP contribution is -2.51. The van der Waals surface area contributed by atoms with Gasteiger partial charge in [0.05, 0.1) is 0 Å². The van der Waals surface area contributed by atoms with Crippen LogP contribution in [0.25, 0.3) is 0 Å². The standard InChI is InChI=1S/C23H17N3O2/c1-14-10-12-15(13-11-14)24-22-18-8-4-5-9-19(18)25-23(26-22)20(27)16-6-2-3-7-17(16)21(23)28/h2-13,25H,1H3,(H,24,26). The van der Waals surface area contributed by atoms with Crippen LogP contribution in [-0.2, 0) is 0 Å². The minimum atomic E-state index is -1.66. The first-order chi connectivity index (χ1) is 13.6. The highest BCUT2D eigenvalue weighted by Crippen LogP contribution is 2.38. The predicted octanol–water partition coefficient (Wildman–Crippen LogP) is 4.05. The van der Waals surface area contributed by atoms with Crippen LogP contribution in [0.15, 0.2) is 77.8 Å². The number of ketones is 2. The molecule has 0 radical (unpaired) electrons. The topological polar surface area (TPSA) is 70.6 Å². The third-order valence-corrected chi connectivity index (χ3v) is 5.17. The number of para-hydroxylation sites is 1. The Morgan fingerprint density at radius 3 is 2.00 bits per heavy atom. The van der Waals surface area contributed by atoms with Crippen molar-refractivity contribution in [3.63, 3.8) is 0 Å². The molecule has 3 aromatic rings. The molecule has 0 fully saturated rings. The number of nitrogens with one attached hydrogen (secondary N) is 2. The lowest BCUT2D eigenvalue weighted by Gasteiger charge is -2.31. The van der Waals surface area contributed by atoms with E-state index in [0.717, 1.165) is 16.8 Å². The van der Waals surface area contributed by atoms with E-state index < -0.39 is 5.66 Å². The Morgan fingerprint density at radius 1 is 0.786 bits per heavy atom. The van der Waals surface area contributed by atoms with Crippen LogP contribution in [0.3, 0.4) is 0 Å². The van der Waals surface area contributed by atoms with E-state index in [2.05, 4.69) is 15.6 Å². The van der Waals surface area contributed by atoms with E-state index in [9.17, 15) is 9.59 Å². The average molecular weight is 367 g/mol. The van der Waals surface area contributed by atoms with Crippen molar-refractivity contribution in [3.8, 4) is 0 Å². The molecule has 0 bridgehead atoms. The second-order valence-corrected chi connectivity index (χ2v) is 7.04. The number of rotatable bonds is 1. The fraction of sp³-hybridized carbons (Fsp3) is 0.0870. The summed E-state index contributed by atoms with van der Waals surface area (Å²) in [6.45, 7) is 2.02. The van der Waals surface area contributed by atoms with Crippen LogP contribution in [0.5, 0.6) is 0 Å². The van der Waals surface area contributed by atoms with E-state index >= 15 is 0 Å². The van der Waals surface area contributed by atoms with Crippen LogP contribution in [0.4, 0.5) is 11.4 Å². The highest BCUT2D eigenvalue weighted by atomic mass is 16.2. The minimum absolute atomic E-state index is 0.328. The Bertz CT molecular complexity index is 1130. The third kappa shape index (κ3) is 2.29. The number of amidine groups is 1. The van der Waals surface area contributed by atoms with Gasteiger partial charge in [-0.05, 0) is 31.2 Å². The Balaban J connectivity index is 1.66. The number of benzene rings is 3. The molecule has 0 saturated carbocycles. The Morgan fingerprint density at radius 2 is 1.36 bits per heavy atom. The number of Topliss-reactive ketones (excluding diaryl/α,β-unsaturated/α-hetero) is 2. The van der Waals surface area contributed by atoms with Gasteiger partial charge in [0.1, 0.15) is 5.84 Å². The summed E-state index contributed by atoms with van der Waals surface area (Å²) in [6.07, 6.45) is 0. The second kappa shape index (κ2) is 5.89. The maximum absolute atomic E-state index is 13.2. The number of fused-ring (bicyclic) bond motifs is 2. The molecule has 1 aliphatic carbocycles. The van der Waals surface area contributed by atoms with Gasteiger partial charge in [-0.25, -0.2) is 4.99 Å². The van der Waals surface area contributed by atoms with Gasteiger partial charge < -0.3 is 10.6 Å². The monoisotopic (exact) mass is 367 g/mol. The molecule has 28 heavy (non-hydrogen) atoms. The summed E-state index contributed by atoms with van der Waals surface area (Å²) < 4.78 is 0. The molecule has 0 amide bonds. The van der Waals surface area contributed by atoms with Crippen molar-refractivity contribution in [1.29, 1.82) is 0 Å². The fourth-order valence-corrected chi connectivity index (χ4v) is 3.71. The summed E-state index contributed by atoms with van der Waals surface area (Å²) in [5.74, 6) is -0.163. The van der Waals surface area contributed by atoms with E-state index in [1.807, 2.05) is 55.5 Å². The lowest BCUT2D eigenvalue weighted by atomic mass is 9.99. The summed E-state index contributed by atoms with van der Waals surface area (Å²) in [7, 11) is 0. The first-order valence-electron chi connectivity index (χ1n) is 9.08. The summed E-state index contributed by atoms with van der Waals surface area (Å²) >= 11 is 0. The number of carbonyl (C=O) groups excluding carboxylic acids is 2. The predicted molar refractivity (Wildman–Crippen MR) is 109 cm³/mol. The van der Waals surface area contributed by atoms with E-state index in [0.29, 0.717) is 22.6 Å². The van der Waals surface area contributed by atoms with Crippen molar-refractivity contribution in [2.45, 2.75) is 12.6 Å². The zero-order chi connectivity index (χ0) is 19.3. The Kier molecular flexibility index (Phi) is 3.46. The minimum Gasteiger partial charge on any atom is -0.348 e. The molecule has 5 rings (SSSR count). The van der Waals surface area contributed by atoms with Gasteiger partial charge in [0.15, 0.2) is 0 Å². The van der Waals surface area contributed by atoms with Crippen molar-refractivity contribution in [2.75, 3.05) is 10.6 Å². The average Bonchev–Trinajstić information content (AvgIpc) is 2.92. The molecule has 0 saturated heterocycles. The van der Waals surface area contributed by atoms with Gasteiger partial charge in [-0.3, -0.25) is 9.59 Å². The maximum atomic E-state index is 13.2. The van der Waals surface area contributed by atoms with Crippen molar-refractivity contribution in [2.24, 2.45) is 4.99 Å². The van der Waals surface area contributed by atoms with Crippen molar-refractivity contribution >= 4 is 28.8 Å². The van der Waals surface area contributed by atoms with E-state index in [1.54, 1.807) is 24.3 Å². The summed E-state index contributed by atoms with van der Waals surface area (Å²) in [6, 6.07) is 22.3. The normalized spacial score (nSPS) is 16.2. The number of hydrogen-bond donors (Lipinski definition) is 2. The number of hydrogen-bond acceptors (Lipinski definition) is 5. The SMILES string of the molecule is Cc1ccc(NC2=NC3(Nc4ccccc42)C(=O)c2ccccc2C3=O)cc1. The van der Waals surface area contributed by atoms with Crippen LogP contribution < -0.4 is 10.6 Å². The Labute approximate surface area is 162 Å². The first-order valence-corrected chi connectivity index (χ1v) is 9.08. The second-order valence-electron chi connectivity index (χ2n) is 7.04. The number of aryl methyl sites for hydroxylation is 1. The number of aliphatic imine (C=N–C) groups is 1. The van der Waals surface area contributed by atoms with Gasteiger partial charge in [-0.1, -0.05) is 54.1 Å². The maximum Gasteiger partial charge on any atom is 0.259 e. The summed E-state index contributed by atoms with van der Waals surface area (Å²) in [5.41, 5.74) is 2.63. The molecule has 3 aromatic carbocycles. The molecule has 2 N–H and O–H groups in total. The Hall–Kier alpha value is -3.73. The van der Waals surface area contributed by atoms with E-state index in [-0.39, 0.29) is 11.6 Å². The fourth-order valence-electron chi connectivity index (χ4n) is 3.71. The van der Waals surface area contributed by atoms with Crippen molar-refractivity contribution < 1.29 is 9.59 Å². The number of carbonyl (C=O) groups is 2. The van der Waals surface area contributed by atoms with Crippen LogP contribution in [0.2, 0.25) is 0 Å². The molecule has 1 spiro atoms. The van der Waals surface area contributed by atoms with Gasteiger partial charge in [0.2, 0.25) is 11.6 Å².